The third kappa shape index (κ3) is 2.93. The van der Waals surface area contributed by atoms with Gasteiger partial charge >= 0.3 is 6.03 Å². The number of nitrogens with one attached hydrogen (secondary N) is 2. The predicted octanol–water partition coefficient (Wildman–Crippen LogP) is 3.71. The van der Waals surface area contributed by atoms with E-state index in [9.17, 15) is 14.3 Å². The van der Waals surface area contributed by atoms with Crippen molar-refractivity contribution in [3.63, 3.8) is 0 Å². The SMILES string of the molecule is CNC(=O)NCC1C2CC3CC1CC(C(O)CC1c4c(F)cccc4-c4cncn41)(C3)C2. The Balaban J connectivity index is 1.24. The molecule has 2 amide bonds. The third-order valence-electron chi connectivity index (χ3n) is 9.06. The Kier molecular flexibility index (Phi) is 4.61. The number of aliphatic hydroxyl groups excluding tert-OH is 1. The van der Waals surface area contributed by atoms with Gasteiger partial charge < -0.3 is 20.3 Å². The second kappa shape index (κ2) is 7.30. The van der Waals surface area contributed by atoms with Crippen molar-refractivity contribution < 1.29 is 14.3 Å². The van der Waals surface area contributed by atoms with E-state index in [1.807, 2.05) is 10.6 Å². The van der Waals surface area contributed by atoms with Crippen LogP contribution in [0.5, 0.6) is 0 Å². The van der Waals surface area contributed by atoms with E-state index < -0.39 is 6.10 Å². The van der Waals surface area contributed by atoms with Gasteiger partial charge in [0.2, 0.25) is 0 Å². The van der Waals surface area contributed by atoms with E-state index >= 15 is 0 Å². The molecule has 2 aromatic rings. The molecular weight excluding hydrogens is 407 g/mol. The van der Waals surface area contributed by atoms with Crippen molar-refractivity contribution in [1.29, 1.82) is 0 Å². The summed E-state index contributed by atoms with van der Waals surface area (Å²) in [7, 11) is 1.65. The van der Waals surface area contributed by atoms with Crippen LogP contribution in [0.4, 0.5) is 9.18 Å². The second-order valence-corrected chi connectivity index (χ2v) is 10.6. The van der Waals surface area contributed by atoms with Gasteiger partial charge in [0.1, 0.15) is 5.82 Å². The van der Waals surface area contributed by atoms with Crippen molar-refractivity contribution in [3.8, 4) is 11.3 Å². The van der Waals surface area contributed by atoms with Crippen LogP contribution in [0, 0.1) is 34.9 Å². The van der Waals surface area contributed by atoms with Crippen LogP contribution in [0.1, 0.15) is 50.1 Å². The number of aliphatic hydroxyl groups is 1. The van der Waals surface area contributed by atoms with Gasteiger partial charge in [0.25, 0.3) is 0 Å². The molecule has 3 N–H and O–H groups in total. The molecular formula is C25H31FN4O2. The first-order valence-electron chi connectivity index (χ1n) is 11.9. The fourth-order valence-electron chi connectivity index (χ4n) is 7.93. The van der Waals surface area contributed by atoms with E-state index in [4.69, 9.17) is 0 Å². The zero-order chi connectivity index (χ0) is 22.0. The molecule has 1 aromatic carbocycles. The molecule has 2 heterocycles. The molecule has 4 fully saturated rings. The highest BCUT2D eigenvalue weighted by molar-refractivity contribution is 5.73. The molecule has 4 saturated carbocycles. The highest BCUT2D eigenvalue weighted by atomic mass is 19.1. The number of carbonyl (C=O) groups excluding carboxylic acids is 1. The minimum absolute atomic E-state index is 0.0885. The van der Waals surface area contributed by atoms with Gasteiger partial charge in [0.05, 0.1) is 30.4 Å². The Bertz CT molecular complexity index is 1040. The fourth-order valence-corrected chi connectivity index (χ4v) is 7.93. The number of halogens is 1. The average molecular weight is 439 g/mol. The summed E-state index contributed by atoms with van der Waals surface area (Å²) in [6.07, 6.45) is 9.11. The zero-order valence-electron chi connectivity index (χ0n) is 18.4. The Morgan fingerprint density at radius 1 is 1.31 bits per heavy atom. The van der Waals surface area contributed by atoms with Crippen molar-refractivity contribution in [2.45, 2.75) is 50.7 Å². The molecule has 1 aliphatic heterocycles. The average Bonchev–Trinajstić information content (AvgIpc) is 3.36. The lowest BCUT2D eigenvalue weighted by Gasteiger charge is -2.61. The smallest absolute Gasteiger partial charge is 0.314 e. The van der Waals surface area contributed by atoms with E-state index in [-0.39, 0.29) is 23.3 Å². The van der Waals surface area contributed by atoms with Crippen LogP contribution in [-0.2, 0) is 0 Å². The van der Waals surface area contributed by atoms with Gasteiger partial charge in [0, 0.05) is 24.7 Å². The monoisotopic (exact) mass is 438 g/mol. The van der Waals surface area contributed by atoms with Gasteiger partial charge in [-0.2, -0.15) is 0 Å². The summed E-state index contributed by atoms with van der Waals surface area (Å²) in [6.45, 7) is 0.716. The molecule has 7 heteroatoms. The van der Waals surface area contributed by atoms with E-state index in [2.05, 4.69) is 15.6 Å². The number of carbonyl (C=O) groups is 1. The van der Waals surface area contributed by atoms with Crippen molar-refractivity contribution >= 4 is 6.03 Å². The maximum Gasteiger partial charge on any atom is 0.314 e. The predicted molar refractivity (Wildman–Crippen MR) is 118 cm³/mol. The number of benzene rings is 1. The van der Waals surface area contributed by atoms with Crippen molar-refractivity contribution in [2.24, 2.45) is 29.1 Å². The summed E-state index contributed by atoms with van der Waals surface area (Å²) in [5.74, 6) is 2.05. The highest BCUT2D eigenvalue weighted by Crippen LogP contribution is 2.64. The number of aromatic nitrogens is 2. The lowest BCUT2D eigenvalue weighted by Crippen LogP contribution is -2.57. The molecule has 5 aliphatic rings. The quantitative estimate of drug-likeness (QED) is 0.666. The van der Waals surface area contributed by atoms with Crippen LogP contribution in [0.25, 0.3) is 11.3 Å². The molecule has 0 radical (unpaired) electrons. The molecule has 0 spiro atoms. The van der Waals surface area contributed by atoms with E-state index in [1.54, 1.807) is 25.6 Å². The van der Waals surface area contributed by atoms with Crippen molar-refractivity contribution in [3.05, 3.63) is 42.1 Å². The maximum absolute atomic E-state index is 14.9. The van der Waals surface area contributed by atoms with Crippen LogP contribution in [0.2, 0.25) is 0 Å². The number of fused-ring (bicyclic) bond motifs is 3. The Morgan fingerprint density at radius 3 is 2.84 bits per heavy atom. The van der Waals surface area contributed by atoms with Gasteiger partial charge in [-0.25, -0.2) is 14.2 Å². The first-order chi connectivity index (χ1) is 15.5. The molecule has 32 heavy (non-hydrogen) atoms. The lowest BCUT2D eigenvalue weighted by molar-refractivity contribution is -0.149. The third-order valence-corrected chi connectivity index (χ3v) is 9.06. The minimum atomic E-state index is -0.478. The Labute approximate surface area is 187 Å². The molecule has 170 valence electrons. The summed E-state index contributed by atoms with van der Waals surface area (Å²) < 4.78 is 16.9. The molecule has 1 aromatic heterocycles. The van der Waals surface area contributed by atoms with Gasteiger partial charge in [0.15, 0.2) is 0 Å². The number of urea groups is 1. The van der Waals surface area contributed by atoms with Gasteiger partial charge in [-0.1, -0.05) is 12.1 Å². The van der Waals surface area contributed by atoms with Gasteiger partial charge in [-0.3, -0.25) is 0 Å². The minimum Gasteiger partial charge on any atom is -0.392 e. The van der Waals surface area contributed by atoms with E-state index in [1.165, 1.54) is 18.9 Å². The van der Waals surface area contributed by atoms with E-state index in [0.29, 0.717) is 42.2 Å². The summed E-state index contributed by atoms with van der Waals surface area (Å²) in [5.41, 5.74) is 2.43. The Hall–Kier alpha value is -2.41. The number of hydrogen-bond acceptors (Lipinski definition) is 3. The zero-order valence-corrected chi connectivity index (χ0v) is 18.4. The Morgan fingerprint density at radius 2 is 2.09 bits per heavy atom. The summed E-state index contributed by atoms with van der Waals surface area (Å²) >= 11 is 0. The summed E-state index contributed by atoms with van der Waals surface area (Å²) in [6, 6.07) is 4.89. The number of amides is 2. The first kappa shape index (κ1) is 20.2. The number of nitrogens with zero attached hydrogens (tertiary/aromatic N) is 2. The molecule has 0 saturated heterocycles. The van der Waals surface area contributed by atoms with Gasteiger partial charge in [-0.05, 0) is 73.7 Å². The van der Waals surface area contributed by atoms with E-state index in [0.717, 1.165) is 30.5 Å². The molecule has 4 aliphatic carbocycles. The standard InChI is InChI=1S/C25H31FN4O2/c1-27-24(32)29-11-18-15-5-14-6-16(18)10-25(8-14,9-15)22(31)7-20-23-17(3-2-4-19(23)26)21-12-28-13-30(20)21/h2-4,12-16,18,20,22,31H,5-11H2,1H3,(H2,27,29,32). The topological polar surface area (TPSA) is 79.2 Å². The fraction of sp³-hybridized carbons (Fsp3) is 0.600. The van der Waals surface area contributed by atoms with Crippen molar-refractivity contribution in [1.82, 2.24) is 20.2 Å². The molecule has 4 atom stereocenters. The maximum atomic E-state index is 14.9. The van der Waals surface area contributed by atoms with Gasteiger partial charge in [-0.15, -0.1) is 0 Å². The number of rotatable bonds is 5. The van der Waals surface area contributed by atoms with Crippen LogP contribution in [0.15, 0.2) is 30.7 Å². The van der Waals surface area contributed by atoms with Crippen LogP contribution < -0.4 is 10.6 Å². The molecule has 7 rings (SSSR count). The molecule has 4 unspecified atom stereocenters. The second-order valence-electron chi connectivity index (χ2n) is 10.6. The molecule has 6 nitrogen and oxygen atoms in total. The highest BCUT2D eigenvalue weighted by Gasteiger charge is 2.58. The summed E-state index contributed by atoms with van der Waals surface area (Å²) in [4.78, 5) is 16.0. The number of imidazole rings is 1. The lowest BCUT2D eigenvalue weighted by atomic mass is 9.44. The first-order valence-corrected chi connectivity index (χ1v) is 11.9. The number of hydrogen-bond donors (Lipinski definition) is 3. The van der Waals surface area contributed by atoms with Crippen LogP contribution in [0.3, 0.4) is 0 Å². The van der Waals surface area contributed by atoms with Crippen molar-refractivity contribution in [2.75, 3.05) is 13.6 Å². The normalized spacial score (nSPS) is 34.8. The van der Waals surface area contributed by atoms with Crippen LogP contribution >= 0.6 is 0 Å². The largest absolute Gasteiger partial charge is 0.392 e. The molecule has 4 bridgehead atoms. The van der Waals surface area contributed by atoms with Crippen LogP contribution in [-0.4, -0.2) is 40.4 Å². The summed E-state index contributed by atoms with van der Waals surface area (Å²) in [5, 5.41) is 17.3.